The van der Waals surface area contributed by atoms with Gasteiger partial charge in [-0.1, -0.05) is 317 Å². The van der Waals surface area contributed by atoms with Crippen LogP contribution in [0.3, 0.4) is 0 Å². The number of phosphoric acid groups is 1. The Balaban J connectivity index is 4.10. The Morgan fingerprint density at radius 2 is 0.747 bits per heavy atom. The second-order valence-electron chi connectivity index (χ2n) is 24.8. The van der Waals surface area contributed by atoms with Crippen molar-refractivity contribution in [2.75, 3.05) is 40.9 Å². The zero-order chi connectivity index (χ0) is 60.5. The summed E-state index contributed by atoms with van der Waals surface area (Å²) in [4.78, 5) is 25.6. The van der Waals surface area contributed by atoms with Crippen LogP contribution >= 0.6 is 7.82 Å². The third-order valence-corrected chi connectivity index (χ3v) is 16.5. The zero-order valence-corrected chi connectivity index (χ0v) is 56.0. The van der Waals surface area contributed by atoms with E-state index in [4.69, 9.17) is 9.05 Å². The number of unbranched alkanes of at least 4 members (excludes halogenated alkanes) is 37. The van der Waals surface area contributed by atoms with Crippen molar-refractivity contribution in [3.63, 3.8) is 0 Å². The molecular weight excluding hydrogens is 1040 g/mol. The number of quaternary nitrogens is 1. The molecule has 0 saturated carbocycles. The standard InChI is InChI=1S/C74H135N2O6P/c1-6-8-10-12-14-16-18-20-22-24-26-28-30-32-34-35-36-37-38-39-40-41-42-44-46-48-50-52-54-56-58-60-62-64-66-68-74(78)75-72(71-82-83(79,80)81-70-69-76(3,4)5)73(77)67-65-63-61-59-57-55-53-51-49-47-45-43-33-31-29-27-25-23-21-19-17-15-13-11-9-7-2/h8,10,14,16,20,22,26,28,32,34,49,51,57,59,65,67,72-73,77H,6-7,9,11-13,15,17-19,21,23-25,27,29-31,33,35-48,50,52-56,58,60-64,66,68-71H2,1-5H3,(H-,75,78,79,80)/b10-8-,16-14-,22-20-,28-26-,34-32-,51-49+,59-57+,67-65+. The lowest BCUT2D eigenvalue weighted by molar-refractivity contribution is -0.870. The smallest absolute Gasteiger partial charge is 0.268 e. The number of carbonyl (C=O) groups is 1. The molecule has 0 radical (unpaired) electrons. The quantitative estimate of drug-likeness (QED) is 0.0272. The minimum atomic E-state index is -4.62. The largest absolute Gasteiger partial charge is 0.756 e. The third-order valence-electron chi connectivity index (χ3n) is 15.5. The van der Waals surface area contributed by atoms with Crippen LogP contribution in [-0.4, -0.2) is 68.5 Å². The molecule has 0 aliphatic heterocycles. The van der Waals surface area contributed by atoms with E-state index in [0.29, 0.717) is 17.4 Å². The van der Waals surface area contributed by atoms with Gasteiger partial charge in [0.25, 0.3) is 7.82 Å². The average molecular weight is 1180 g/mol. The number of phosphoric ester groups is 1. The van der Waals surface area contributed by atoms with Crippen LogP contribution in [0.25, 0.3) is 0 Å². The van der Waals surface area contributed by atoms with Gasteiger partial charge in [-0.15, -0.1) is 0 Å². The monoisotopic (exact) mass is 1180 g/mol. The summed E-state index contributed by atoms with van der Waals surface area (Å²) in [6.07, 6.45) is 92.5. The summed E-state index contributed by atoms with van der Waals surface area (Å²) in [5, 5.41) is 13.9. The van der Waals surface area contributed by atoms with Gasteiger partial charge in [-0.2, -0.15) is 0 Å². The van der Waals surface area contributed by atoms with Gasteiger partial charge in [0.1, 0.15) is 13.2 Å². The number of aliphatic hydroxyl groups is 1. The molecule has 0 aromatic rings. The molecule has 482 valence electrons. The van der Waals surface area contributed by atoms with Crippen molar-refractivity contribution in [1.82, 2.24) is 5.32 Å². The molecule has 0 aliphatic carbocycles. The topological polar surface area (TPSA) is 108 Å². The Hall–Kier alpha value is -2.58. The second-order valence-corrected chi connectivity index (χ2v) is 26.2. The molecule has 0 heterocycles. The maximum Gasteiger partial charge on any atom is 0.268 e. The SMILES string of the molecule is CC/C=C\C/C=C\C/C=C\C/C=C\C/C=C\CCCCCCCCCCCCCCCCCCCCCC(=O)NC(COP(=O)([O-])OCC[N+](C)(C)C)C(O)/C=C/CC/C=C/CC/C=C/CCCCCCCCCCCCCCCCCC. The van der Waals surface area contributed by atoms with E-state index in [-0.39, 0.29) is 12.5 Å². The van der Waals surface area contributed by atoms with Crippen molar-refractivity contribution < 1.29 is 32.9 Å². The van der Waals surface area contributed by atoms with Crippen molar-refractivity contribution in [1.29, 1.82) is 0 Å². The van der Waals surface area contributed by atoms with Crippen LogP contribution in [0.5, 0.6) is 0 Å². The summed E-state index contributed by atoms with van der Waals surface area (Å²) >= 11 is 0. The molecule has 0 spiro atoms. The van der Waals surface area contributed by atoms with Gasteiger partial charge in [0.05, 0.1) is 39.9 Å². The van der Waals surface area contributed by atoms with Crippen LogP contribution in [0.1, 0.15) is 316 Å². The summed E-state index contributed by atoms with van der Waals surface area (Å²) in [7, 11) is 1.24. The fourth-order valence-corrected chi connectivity index (χ4v) is 10.8. The van der Waals surface area contributed by atoms with Crippen LogP contribution in [0.15, 0.2) is 97.2 Å². The average Bonchev–Trinajstić information content (AvgIpc) is 3.49. The molecule has 0 bridgehead atoms. The highest BCUT2D eigenvalue weighted by atomic mass is 31.2. The summed E-state index contributed by atoms with van der Waals surface area (Å²) in [6, 6.07) is -0.915. The molecule has 0 saturated heterocycles. The first-order chi connectivity index (χ1) is 40.5. The maximum atomic E-state index is 13.0. The van der Waals surface area contributed by atoms with Gasteiger partial charge in [0.15, 0.2) is 0 Å². The molecule has 2 N–H and O–H groups in total. The summed E-state index contributed by atoms with van der Waals surface area (Å²) < 4.78 is 23.4. The first-order valence-corrected chi connectivity index (χ1v) is 36.6. The lowest BCUT2D eigenvalue weighted by Crippen LogP contribution is -2.45. The summed E-state index contributed by atoms with van der Waals surface area (Å²) in [5.74, 6) is -0.209. The van der Waals surface area contributed by atoms with E-state index < -0.39 is 26.6 Å². The second kappa shape index (κ2) is 63.9. The van der Waals surface area contributed by atoms with Gasteiger partial charge in [-0.25, -0.2) is 0 Å². The molecule has 8 nitrogen and oxygen atoms in total. The first kappa shape index (κ1) is 80.4. The predicted octanol–water partition coefficient (Wildman–Crippen LogP) is 21.9. The minimum absolute atomic E-state index is 0.0110. The number of hydrogen-bond acceptors (Lipinski definition) is 6. The number of likely N-dealkylation sites (N-methyl/N-ethyl adjacent to an activating group) is 1. The summed E-state index contributed by atoms with van der Waals surface area (Å²) in [6.45, 7) is 4.54. The minimum Gasteiger partial charge on any atom is -0.756 e. The van der Waals surface area contributed by atoms with Crippen molar-refractivity contribution >= 4 is 13.7 Å². The lowest BCUT2D eigenvalue weighted by atomic mass is 10.0. The van der Waals surface area contributed by atoms with E-state index in [0.717, 1.165) is 77.0 Å². The van der Waals surface area contributed by atoms with Crippen molar-refractivity contribution in [2.45, 2.75) is 328 Å². The number of amides is 1. The molecule has 3 unspecified atom stereocenters. The maximum absolute atomic E-state index is 13.0. The first-order valence-electron chi connectivity index (χ1n) is 35.1. The highest BCUT2D eigenvalue weighted by Gasteiger charge is 2.23. The fraction of sp³-hybridized carbons (Fsp3) is 0.770. The Morgan fingerprint density at radius 1 is 0.434 bits per heavy atom. The Morgan fingerprint density at radius 3 is 1.12 bits per heavy atom. The Kier molecular flexibility index (Phi) is 61.9. The molecule has 83 heavy (non-hydrogen) atoms. The number of allylic oxidation sites excluding steroid dienone is 15. The number of nitrogens with zero attached hydrogens (tertiary/aromatic N) is 1. The Labute approximate surface area is 515 Å². The lowest BCUT2D eigenvalue weighted by Gasteiger charge is -2.29. The van der Waals surface area contributed by atoms with Crippen molar-refractivity contribution in [3.8, 4) is 0 Å². The van der Waals surface area contributed by atoms with E-state index in [9.17, 15) is 19.4 Å². The van der Waals surface area contributed by atoms with E-state index in [1.54, 1.807) is 6.08 Å². The van der Waals surface area contributed by atoms with Gasteiger partial charge >= 0.3 is 0 Å². The fourth-order valence-electron chi connectivity index (χ4n) is 10.1. The van der Waals surface area contributed by atoms with Crippen molar-refractivity contribution in [3.05, 3.63) is 97.2 Å². The highest BCUT2D eigenvalue weighted by Crippen LogP contribution is 2.38. The Bertz CT molecular complexity index is 1670. The van der Waals surface area contributed by atoms with Crippen molar-refractivity contribution in [2.24, 2.45) is 0 Å². The van der Waals surface area contributed by atoms with Gasteiger partial charge in [-0.3, -0.25) is 9.36 Å². The van der Waals surface area contributed by atoms with E-state index in [1.807, 2.05) is 27.2 Å². The summed E-state index contributed by atoms with van der Waals surface area (Å²) in [5.41, 5.74) is 0. The normalized spacial score (nSPS) is 14.3. The van der Waals surface area contributed by atoms with Gasteiger partial charge in [-0.05, 0) is 89.9 Å². The molecule has 0 fully saturated rings. The van der Waals surface area contributed by atoms with Crippen LogP contribution in [-0.2, 0) is 18.4 Å². The molecule has 0 aromatic carbocycles. The number of carbonyl (C=O) groups excluding carboxylic acids is 1. The molecule has 1 amide bonds. The molecule has 3 atom stereocenters. The third kappa shape index (κ3) is 66.8. The number of aliphatic hydroxyl groups excluding tert-OH is 1. The van der Waals surface area contributed by atoms with Gasteiger partial charge < -0.3 is 28.8 Å². The molecule has 0 aliphatic rings. The van der Waals surface area contributed by atoms with Crippen LogP contribution < -0.4 is 10.2 Å². The van der Waals surface area contributed by atoms with Crippen LogP contribution in [0, 0.1) is 0 Å². The number of nitrogens with one attached hydrogen (secondary N) is 1. The van der Waals surface area contributed by atoms with E-state index >= 15 is 0 Å². The van der Waals surface area contributed by atoms with Gasteiger partial charge in [0.2, 0.25) is 5.91 Å². The predicted molar refractivity (Wildman–Crippen MR) is 362 cm³/mol. The van der Waals surface area contributed by atoms with E-state index in [1.165, 1.54) is 218 Å². The van der Waals surface area contributed by atoms with Crippen LogP contribution in [0.4, 0.5) is 0 Å². The zero-order valence-electron chi connectivity index (χ0n) is 55.1. The molecular formula is C74H135N2O6P. The van der Waals surface area contributed by atoms with Gasteiger partial charge in [0, 0.05) is 6.42 Å². The molecule has 9 heteroatoms. The number of hydrogen-bond donors (Lipinski definition) is 2. The van der Waals surface area contributed by atoms with Crippen LogP contribution in [0.2, 0.25) is 0 Å². The highest BCUT2D eigenvalue weighted by molar-refractivity contribution is 7.45. The molecule has 0 aromatic heterocycles. The molecule has 0 rings (SSSR count). The number of rotatable bonds is 64. The van der Waals surface area contributed by atoms with E-state index in [2.05, 4.69) is 104 Å².